The van der Waals surface area contributed by atoms with Crippen LogP contribution in [0.15, 0.2) is 60.7 Å². The molecule has 0 spiro atoms. The van der Waals surface area contributed by atoms with E-state index in [9.17, 15) is 19.7 Å². The number of rotatable bonds is 9. The lowest BCUT2D eigenvalue weighted by molar-refractivity contribution is -0.143. The number of nitrogens with two attached hydrogens (primary N) is 1. The van der Waals surface area contributed by atoms with Gasteiger partial charge in [-0.3, -0.25) is 4.79 Å². The molecule has 0 heterocycles. The van der Waals surface area contributed by atoms with E-state index in [2.05, 4.69) is 97.0 Å². The molecule has 256 valence electrons. The van der Waals surface area contributed by atoms with E-state index in [4.69, 9.17) is 10.2 Å². The van der Waals surface area contributed by atoms with Gasteiger partial charge in [-0.05, 0) is 97.4 Å². The Morgan fingerprint density at radius 3 is 1.81 bits per heavy atom. The molecular weight excluding hydrogens is 627 g/mol. The van der Waals surface area contributed by atoms with Gasteiger partial charge in [-0.25, -0.2) is 0 Å². The molecule has 2 aromatic carbocycles. The van der Waals surface area contributed by atoms with Gasteiger partial charge in [-0.1, -0.05) is 81.4 Å². The van der Waals surface area contributed by atoms with E-state index in [0.29, 0.717) is 23.7 Å². The van der Waals surface area contributed by atoms with Crippen LogP contribution >= 0.6 is 0 Å². The number of hydrogen-bond acceptors (Lipinski definition) is 8. The summed E-state index contributed by atoms with van der Waals surface area (Å²) in [4.78, 5) is 11.1. The lowest BCUT2D eigenvalue weighted by Crippen LogP contribution is -2.67. The number of hydrogen-bond donors (Lipinski definition) is 3. The Morgan fingerprint density at radius 2 is 1.40 bits per heavy atom. The average Bonchev–Trinajstić information content (AvgIpc) is 3.76. The Balaban J connectivity index is 0.000000277. The molecule has 0 radical (unpaired) electrons. The van der Waals surface area contributed by atoms with Crippen molar-refractivity contribution < 1.29 is 23.6 Å². The predicted octanol–water partition coefficient (Wildman–Crippen LogP) is 4.04. The van der Waals surface area contributed by atoms with Gasteiger partial charge in [0.25, 0.3) is 8.32 Å². The van der Waals surface area contributed by atoms with E-state index in [-0.39, 0.29) is 45.8 Å². The van der Waals surface area contributed by atoms with Gasteiger partial charge in [-0.2, -0.15) is 5.26 Å². The summed E-state index contributed by atoms with van der Waals surface area (Å²) >= 11 is -1.24. The summed E-state index contributed by atoms with van der Waals surface area (Å²) in [6.45, 7) is 12.8. The molecule has 10 heteroatoms. The summed E-state index contributed by atoms with van der Waals surface area (Å²) in [5.41, 5.74) is 5.71. The average molecular weight is 680 g/mol. The van der Waals surface area contributed by atoms with Gasteiger partial charge in [-0.15, -0.1) is 4.72 Å². The van der Waals surface area contributed by atoms with Crippen molar-refractivity contribution in [3.05, 3.63) is 60.7 Å². The van der Waals surface area contributed by atoms with Crippen molar-refractivity contribution in [2.45, 2.75) is 101 Å². The maximum atomic E-state index is 12.6. The van der Waals surface area contributed by atoms with Crippen LogP contribution in [0.4, 0.5) is 0 Å². The van der Waals surface area contributed by atoms with Crippen LogP contribution in [0.1, 0.15) is 67.2 Å². The van der Waals surface area contributed by atoms with Crippen molar-refractivity contribution in [1.29, 1.82) is 5.26 Å². The summed E-state index contributed by atoms with van der Waals surface area (Å²) in [7, 11) is -1.20. The fourth-order valence-electron chi connectivity index (χ4n) is 8.55. The maximum absolute atomic E-state index is 12.6. The molecule has 4 N–H and O–H groups in total. The Morgan fingerprint density at radius 1 is 0.936 bits per heavy atom. The van der Waals surface area contributed by atoms with Crippen molar-refractivity contribution in [1.82, 2.24) is 4.72 Å². The van der Waals surface area contributed by atoms with E-state index in [1.165, 1.54) is 17.5 Å². The lowest BCUT2D eigenvalue weighted by atomic mass is 10.0. The number of methoxy groups -OCH3 is 1. The first-order valence-electron chi connectivity index (χ1n) is 17.0. The van der Waals surface area contributed by atoms with E-state index in [1.54, 1.807) is 0 Å². The van der Waals surface area contributed by atoms with Gasteiger partial charge in [0.2, 0.25) is 0 Å². The van der Waals surface area contributed by atoms with E-state index in [1.807, 2.05) is 20.8 Å². The highest BCUT2D eigenvalue weighted by atomic mass is 32.2. The monoisotopic (exact) mass is 679 g/mol. The molecule has 0 aromatic heterocycles. The molecule has 0 bridgehead atoms. The fourth-order valence-corrected chi connectivity index (χ4v) is 14.0. The van der Waals surface area contributed by atoms with Crippen molar-refractivity contribution in [3.63, 3.8) is 0 Å². The van der Waals surface area contributed by atoms with Crippen molar-refractivity contribution in [3.8, 4) is 6.07 Å². The smallest absolute Gasteiger partial charge is 0.322 e. The van der Waals surface area contributed by atoms with Gasteiger partial charge < -0.3 is 24.6 Å². The van der Waals surface area contributed by atoms with Gasteiger partial charge in [0.15, 0.2) is 0 Å². The van der Waals surface area contributed by atoms with Crippen LogP contribution in [-0.2, 0) is 25.3 Å². The second-order valence-corrected chi connectivity index (χ2v) is 22.2. The molecule has 0 amide bonds. The van der Waals surface area contributed by atoms with Crippen LogP contribution in [0, 0.1) is 46.8 Å². The molecule has 0 aliphatic heterocycles. The quantitative estimate of drug-likeness (QED) is 0.205. The normalized spacial score (nSPS) is 31.3. The largest absolute Gasteiger partial charge is 0.598 e. The van der Waals surface area contributed by atoms with Crippen LogP contribution in [0.3, 0.4) is 0 Å². The number of aliphatic hydroxyl groups is 1. The van der Waals surface area contributed by atoms with Crippen molar-refractivity contribution >= 4 is 36.0 Å². The van der Waals surface area contributed by atoms with Gasteiger partial charge in [0, 0.05) is 17.5 Å². The topological polar surface area (TPSA) is 141 Å². The number of fused-ring (bicyclic) bond motifs is 2. The number of ether oxygens (including phenoxy) is 1. The number of nitrogens with one attached hydrogen (secondary N) is 1. The predicted molar refractivity (Wildman–Crippen MR) is 188 cm³/mol. The minimum atomic E-state index is -2.56. The molecule has 4 aliphatic rings. The minimum Gasteiger partial charge on any atom is -0.598 e. The second-order valence-electron chi connectivity index (χ2n) is 16.0. The summed E-state index contributed by atoms with van der Waals surface area (Å²) < 4.78 is 27.2. The number of benzene rings is 2. The summed E-state index contributed by atoms with van der Waals surface area (Å²) in [6, 6.07) is 23.1. The number of aliphatic hydroxyl groups excluding tert-OH is 1. The number of esters is 1. The molecule has 0 saturated heterocycles. The highest BCUT2D eigenvalue weighted by Gasteiger charge is 2.63. The molecule has 47 heavy (non-hydrogen) atoms. The summed E-state index contributed by atoms with van der Waals surface area (Å²) in [6.07, 6.45) is 3.57. The molecule has 6 rings (SSSR count). The van der Waals surface area contributed by atoms with Crippen molar-refractivity contribution in [2.75, 3.05) is 7.11 Å². The van der Waals surface area contributed by atoms with Gasteiger partial charge >= 0.3 is 5.97 Å². The second kappa shape index (κ2) is 13.9. The highest BCUT2D eigenvalue weighted by Crippen LogP contribution is 2.61. The molecule has 4 saturated carbocycles. The van der Waals surface area contributed by atoms with E-state index < -0.39 is 25.7 Å². The Labute approximate surface area is 285 Å². The molecule has 11 atom stereocenters. The Bertz CT molecular complexity index is 1350. The Kier molecular flexibility index (Phi) is 10.7. The molecule has 8 nitrogen and oxygen atoms in total. The zero-order chi connectivity index (χ0) is 34.3. The van der Waals surface area contributed by atoms with Crippen LogP contribution < -0.4 is 20.8 Å². The minimum absolute atomic E-state index is 0.0394. The standard InChI is InChI=1S/C28H38N2O2SSi.C9H15NO3/c1-27(2,3)33(31)30-25(19-29)26-23-17-20(18-24(23)26)32-34(28(4,5)6,21-13-9-7-10-14-21)22-15-11-8-12-16-22;1-13-9(12)8(10)7-5-2-4(11)3-6(5)7/h7-16,20,23-26,30H,17-18H2,1-6H3;4-8,11H,2-3,10H2,1H3/t20?,23-,24+,25?,26?,33?;4?,5-,6+,7?,8?. The third kappa shape index (κ3) is 7.37. The van der Waals surface area contributed by atoms with E-state index in [0.717, 1.165) is 25.7 Å². The molecule has 4 aliphatic carbocycles. The first-order chi connectivity index (χ1) is 22.1. The zero-order valence-electron chi connectivity index (χ0n) is 28.9. The van der Waals surface area contributed by atoms with E-state index >= 15 is 0 Å². The first kappa shape index (κ1) is 36.1. The summed E-state index contributed by atoms with van der Waals surface area (Å²) in [5.74, 6) is 2.07. The Hall–Kier alpha value is -2.23. The fraction of sp³-hybridized carbons (Fsp3) is 0.622. The third-order valence-electron chi connectivity index (χ3n) is 10.9. The van der Waals surface area contributed by atoms with Crippen LogP contribution in [0.25, 0.3) is 0 Å². The lowest BCUT2D eigenvalue weighted by Gasteiger charge is -2.45. The van der Waals surface area contributed by atoms with Gasteiger partial charge in [0.1, 0.15) is 16.8 Å². The number of carbonyl (C=O) groups excluding carboxylic acids is 1. The van der Waals surface area contributed by atoms with Crippen LogP contribution in [0.5, 0.6) is 0 Å². The van der Waals surface area contributed by atoms with Crippen LogP contribution in [-0.4, -0.2) is 60.1 Å². The highest BCUT2D eigenvalue weighted by molar-refractivity contribution is 7.90. The van der Waals surface area contributed by atoms with Gasteiger partial charge in [0.05, 0.1) is 19.3 Å². The first-order valence-corrected chi connectivity index (χ1v) is 20.1. The zero-order valence-corrected chi connectivity index (χ0v) is 30.7. The molecule has 2 aromatic rings. The molecular formula is C37H53N3O5SSi. The van der Waals surface area contributed by atoms with Crippen LogP contribution in [0.2, 0.25) is 5.04 Å². The van der Waals surface area contributed by atoms with Crippen molar-refractivity contribution in [2.24, 2.45) is 41.2 Å². The molecule has 4 fully saturated rings. The summed E-state index contributed by atoms with van der Waals surface area (Å²) in [5, 5.41) is 21.6. The number of carbonyl (C=O) groups is 1. The maximum Gasteiger partial charge on any atom is 0.322 e. The number of nitriles is 1. The third-order valence-corrected chi connectivity index (χ3v) is 17.6. The molecule has 7 unspecified atom stereocenters. The SMILES string of the molecule is CC(C)(C)[S+]([O-])NC(C#N)C1[C@H]2CC(O[Si](c3ccccc3)(c3ccccc3)C(C)(C)C)C[C@@H]12.COC(=O)C(N)C1[C@H]2CC(O)C[C@@H]12. The number of nitrogens with zero attached hydrogens (tertiary/aromatic N) is 1.